The molecule has 0 amide bonds. The molecule has 0 saturated carbocycles. The Labute approximate surface area is 150 Å². The molecule has 0 aliphatic carbocycles. The summed E-state index contributed by atoms with van der Waals surface area (Å²) < 4.78 is 5.28. The fraction of sp³-hybridized carbons (Fsp3) is 0.158. The smallest absolute Gasteiger partial charge is 0.328 e. The Kier molecular flexibility index (Phi) is 6.21. The predicted octanol–water partition coefficient (Wildman–Crippen LogP) is 2.68. The van der Waals surface area contributed by atoms with Crippen LogP contribution in [0.3, 0.4) is 0 Å². The van der Waals surface area contributed by atoms with Crippen molar-refractivity contribution >= 4 is 29.0 Å². The molecule has 2 aromatic carbocycles. The summed E-state index contributed by atoms with van der Waals surface area (Å²) >= 11 is 0. The van der Waals surface area contributed by atoms with E-state index < -0.39 is 11.9 Å². The first kappa shape index (κ1) is 18.9. The summed E-state index contributed by atoms with van der Waals surface area (Å²) in [5.74, 6) is -1.68. The Morgan fingerprint density at radius 2 is 1.73 bits per heavy atom. The molecule has 136 valence electrons. The largest absolute Gasteiger partial charge is 0.497 e. The van der Waals surface area contributed by atoms with Crippen LogP contribution in [0.1, 0.15) is 5.56 Å². The normalized spacial score (nSPS) is 12.3. The lowest BCUT2D eigenvalue weighted by Gasteiger charge is -2.22. The van der Waals surface area contributed by atoms with E-state index in [1.807, 2.05) is 18.2 Å². The number of nitrogens with zero attached hydrogens (tertiary/aromatic N) is 1. The average molecular weight is 356 g/mol. The van der Waals surface area contributed by atoms with Crippen molar-refractivity contribution in [1.82, 2.24) is 0 Å². The molecule has 2 aromatic rings. The minimum Gasteiger partial charge on any atom is -0.497 e. The Morgan fingerprint density at radius 1 is 1.08 bits per heavy atom. The van der Waals surface area contributed by atoms with Crippen LogP contribution in [0.4, 0.5) is 17.1 Å². The highest BCUT2D eigenvalue weighted by Crippen LogP contribution is 2.38. The molecule has 7 heteroatoms. The van der Waals surface area contributed by atoms with Crippen LogP contribution in [0.15, 0.2) is 54.6 Å². The Morgan fingerprint density at radius 3 is 2.35 bits per heavy atom. The maximum absolute atomic E-state index is 9.55. The number of para-hydroxylation sites is 1. The van der Waals surface area contributed by atoms with Gasteiger partial charge in [-0.3, -0.25) is 0 Å². The van der Waals surface area contributed by atoms with Gasteiger partial charge in [0, 0.05) is 30.5 Å². The zero-order valence-electron chi connectivity index (χ0n) is 14.3. The van der Waals surface area contributed by atoms with Crippen LogP contribution in [0.25, 0.3) is 0 Å². The molecule has 7 nitrogen and oxygen atoms in total. The first-order valence-corrected chi connectivity index (χ1v) is 7.85. The topological polar surface area (TPSA) is 113 Å². The lowest BCUT2D eigenvalue weighted by molar-refractivity contribution is -0.134. The second-order valence-corrected chi connectivity index (χ2v) is 5.46. The summed E-state index contributed by atoms with van der Waals surface area (Å²) in [5.41, 5.74) is 10.5. The number of carboxylic acid groups (broad SMARTS) is 2. The average Bonchev–Trinajstić information content (AvgIpc) is 3.05. The summed E-state index contributed by atoms with van der Waals surface area (Å²) in [6.07, 6.45) is 2.18. The second kappa shape index (κ2) is 8.57. The zero-order valence-corrected chi connectivity index (χ0v) is 14.3. The van der Waals surface area contributed by atoms with Crippen molar-refractivity contribution in [2.75, 3.05) is 24.3 Å². The van der Waals surface area contributed by atoms with Crippen LogP contribution in [0, 0.1) is 0 Å². The van der Waals surface area contributed by atoms with Crippen molar-refractivity contribution in [3.63, 3.8) is 0 Å². The molecule has 1 heterocycles. The van der Waals surface area contributed by atoms with Gasteiger partial charge in [-0.2, -0.15) is 0 Å². The third-order valence-corrected chi connectivity index (χ3v) is 3.78. The van der Waals surface area contributed by atoms with Crippen LogP contribution >= 0.6 is 0 Å². The molecule has 1 aliphatic heterocycles. The molecule has 0 aromatic heterocycles. The molecule has 0 bridgehead atoms. The summed E-state index contributed by atoms with van der Waals surface area (Å²) in [4.78, 5) is 21.4. The molecule has 0 atom stereocenters. The molecule has 1 aliphatic rings. The number of fused-ring (bicyclic) bond motifs is 1. The van der Waals surface area contributed by atoms with Crippen LogP contribution < -0.4 is 15.4 Å². The zero-order chi connectivity index (χ0) is 19.1. The summed E-state index contributed by atoms with van der Waals surface area (Å²) in [5, 5.41) is 15.6. The molecular weight excluding hydrogens is 336 g/mol. The Balaban J connectivity index is 0.000000260. The number of nitrogens with two attached hydrogens (primary N) is 1. The van der Waals surface area contributed by atoms with Crippen molar-refractivity contribution in [3.05, 3.63) is 60.2 Å². The van der Waals surface area contributed by atoms with Gasteiger partial charge in [0.25, 0.3) is 0 Å². The summed E-state index contributed by atoms with van der Waals surface area (Å²) in [7, 11) is 1.67. The van der Waals surface area contributed by atoms with Gasteiger partial charge in [-0.05, 0) is 30.2 Å². The molecule has 0 fully saturated rings. The number of carboxylic acids is 2. The Bertz CT molecular complexity index is 816. The van der Waals surface area contributed by atoms with Gasteiger partial charge in [0.05, 0.1) is 18.5 Å². The van der Waals surface area contributed by atoms with E-state index in [4.69, 9.17) is 20.7 Å². The molecule has 26 heavy (non-hydrogen) atoms. The maximum Gasteiger partial charge on any atom is 0.328 e. The van der Waals surface area contributed by atoms with Gasteiger partial charge < -0.3 is 25.6 Å². The molecular formula is C19H20N2O5. The van der Waals surface area contributed by atoms with Crippen molar-refractivity contribution in [2.45, 2.75) is 6.42 Å². The quantitative estimate of drug-likeness (QED) is 0.570. The van der Waals surface area contributed by atoms with Gasteiger partial charge in [0.2, 0.25) is 0 Å². The molecule has 0 radical (unpaired) electrons. The lowest BCUT2D eigenvalue weighted by Crippen LogP contribution is -2.15. The standard InChI is InChI=1S/C15H16N2O.C4H4O4/c1-18-12-6-7-13(16)15(10-12)17-9-8-11-4-2-3-5-14(11)17;5-3(6)1-2-4(7)8/h2-7,10H,8-9,16H2,1H3;1-2H,(H,5,6)(H,7,8). The number of ether oxygens (including phenoxy) is 1. The maximum atomic E-state index is 9.55. The third-order valence-electron chi connectivity index (χ3n) is 3.78. The van der Waals surface area contributed by atoms with Gasteiger partial charge in [0.15, 0.2) is 0 Å². The highest BCUT2D eigenvalue weighted by atomic mass is 16.5. The number of hydrogen-bond donors (Lipinski definition) is 3. The number of hydrogen-bond acceptors (Lipinski definition) is 5. The van der Waals surface area contributed by atoms with Crippen molar-refractivity contribution in [1.29, 1.82) is 0 Å². The summed E-state index contributed by atoms with van der Waals surface area (Å²) in [6.45, 7) is 0.969. The molecule has 0 unspecified atom stereocenters. The first-order valence-electron chi connectivity index (χ1n) is 7.85. The third kappa shape index (κ3) is 4.76. The number of aliphatic carboxylic acids is 2. The second-order valence-electron chi connectivity index (χ2n) is 5.46. The van der Waals surface area contributed by atoms with E-state index >= 15 is 0 Å². The lowest BCUT2D eigenvalue weighted by atomic mass is 10.2. The van der Waals surface area contributed by atoms with E-state index in [2.05, 4.69) is 29.2 Å². The van der Waals surface area contributed by atoms with Crippen LogP contribution in [0.2, 0.25) is 0 Å². The predicted molar refractivity (Wildman–Crippen MR) is 99.0 cm³/mol. The number of rotatable bonds is 4. The van der Waals surface area contributed by atoms with E-state index in [9.17, 15) is 9.59 Å². The number of nitrogen functional groups attached to an aromatic ring is 1. The van der Waals surface area contributed by atoms with Crippen molar-refractivity contribution in [3.8, 4) is 5.75 Å². The Hall–Kier alpha value is -3.48. The van der Waals surface area contributed by atoms with E-state index in [0.29, 0.717) is 12.2 Å². The molecule has 0 spiro atoms. The highest BCUT2D eigenvalue weighted by molar-refractivity contribution is 5.89. The fourth-order valence-electron chi connectivity index (χ4n) is 2.62. The van der Waals surface area contributed by atoms with E-state index in [0.717, 1.165) is 30.1 Å². The number of benzene rings is 2. The van der Waals surface area contributed by atoms with E-state index in [-0.39, 0.29) is 0 Å². The minimum atomic E-state index is -1.26. The van der Waals surface area contributed by atoms with Gasteiger partial charge in [0.1, 0.15) is 5.75 Å². The minimum absolute atomic E-state index is 0.558. The van der Waals surface area contributed by atoms with Crippen LogP contribution in [-0.4, -0.2) is 35.8 Å². The van der Waals surface area contributed by atoms with Gasteiger partial charge in [-0.25, -0.2) is 9.59 Å². The number of anilines is 3. The molecule has 0 saturated heterocycles. The number of methoxy groups -OCH3 is 1. The van der Waals surface area contributed by atoms with Crippen molar-refractivity contribution < 1.29 is 24.5 Å². The monoisotopic (exact) mass is 356 g/mol. The molecule has 4 N–H and O–H groups in total. The van der Waals surface area contributed by atoms with Crippen LogP contribution in [0.5, 0.6) is 5.75 Å². The van der Waals surface area contributed by atoms with Gasteiger partial charge in [-0.15, -0.1) is 0 Å². The van der Waals surface area contributed by atoms with Crippen LogP contribution in [-0.2, 0) is 16.0 Å². The number of carbonyl (C=O) groups is 2. The first-order chi connectivity index (χ1) is 12.4. The van der Waals surface area contributed by atoms with Gasteiger partial charge >= 0.3 is 11.9 Å². The van der Waals surface area contributed by atoms with Gasteiger partial charge in [-0.1, -0.05) is 18.2 Å². The summed E-state index contributed by atoms with van der Waals surface area (Å²) in [6, 6.07) is 14.2. The van der Waals surface area contributed by atoms with E-state index in [1.54, 1.807) is 7.11 Å². The molecule has 3 rings (SSSR count). The van der Waals surface area contributed by atoms with E-state index in [1.165, 1.54) is 11.3 Å². The van der Waals surface area contributed by atoms with Crippen molar-refractivity contribution in [2.24, 2.45) is 0 Å². The fourth-order valence-corrected chi connectivity index (χ4v) is 2.62. The SMILES string of the molecule is COc1ccc(N)c(N2CCc3ccccc32)c1.O=C(O)C=CC(=O)O. The highest BCUT2D eigenvalue weighted by Gasteiger charge is 2.21.